The minimum absolute atomic E-state index is 0.0347. The number of aromatic hydroxyl groups is 1. The molecule has 5 unspecified atom stereocenters. The van der Waals surface area contributed by atoms with Gasteiger partial charge in [0.05, 0.1) is 5.92 Å². The number of rotatable bonds is 8. The van der Waals surface area contributed by atoms with Gasteiger partial charge in [0.25, 0.3) is 0 Å². The Bertz CT molecular complexity index is 924. The van der Waals surface area contributed by atoms with Gasteiger partial charge in [-0.2, -0.15) is 0 Å². The number of carbonyl (C=O) groups excluding carboxylic acids is 1. The van der Waals surface area contributed by atoms with Crippen molar-refractivity contribution < 1.29 is 22.9 Å². The molecule has 0 aliphatic heterocycles. The molecular weight excluding hydrogens is 442 g/mol. The highest BCUT2D eigenvalue weighted by molar-refractivity contribution is 7.84. The van der Waals surface area contributed by atoms with Crippen molar-refractivity contribution in [3.8, 4) is 17.2 Å². The zero-order valence-corrected chi connectivity index (χ0v) is 21.5. The zero-order chi connectivity index (χ0) is 23.7. The molecule has 2 aliphatic rings. The van der Waals surface area contributed by atoms with Crippen molar-refractivity contribution in [2.24, 2.45) is 17.8 Å². The zero-order valence-electron chi connectivity index (χ0n) is 19.6. The van der Waals surface area contributed by atoms with Gasteiger partial charge in [0, 0.05) is 40.9 Å². The van der Waals surface area contributed by atoms with E-state index in [4.69, 9.17) is 24.1 Å². The summed E-state index contributed by atoms with van der Waals surface area (Å²) in [4.78, 5) is 12.9. The van der Waals surface area contributed by atoms with E-state index in [2.05, 4.69) is 0 Å². The van der Waals surface area contributed by atoms with Crippen LogP contribution in [0.25, 0.3) is 0 Å². The van der Waals surface area contributed by atoms with Crippen molar-refractivity contribution in [1.82, 2.24) is 0 Å². The van der Waals surface area contributed by atoms with Gasteiger partial charge in [-0.1, -0.05) is 33.4 Å². The van der Waals surface area contributed by atoms with Crippen LogP contribution in [0, 0.1) is 28.9 Å². The molecule has 0 amide bonds. The number of hydrogen-bond donors (Lipinski definition) is 2. The monoisotopic (exact) mass is 477 g/mol. The first kappa shape index (κ1) is 24.9. The van der Waals surface area contributed by atoms with Crippen LogP contribution in [0.2, 0.25) is 12.6 Å². The summed E-state index contributed by atoms with van der Waals surface area (Å²) >= 11 is 0.809. The molecule has 3 rings (SSSR count). The van der Waals surface area contributed by atoms with Crippen LogP contribution in [-0.4, -0.2) is 32.0 Å². The number of phenolic OH excluding ortho intramolecular Hbond substituents is 1. The fraction of sp³-hybridized carbons (Fsp3) is 0.625. The van der Waals surface area contributed by atoms with Crippen LogP contribution in [-0.2, 0) is 18.5 Å². The quantitative estimate of drug-likeness (QED) is 0.163. The molecule has 176 valence electrons. The van der Waals surface area contributed by atoms with Gasteiger partial charge in [-0.3, -0.25) is 8.67 Å². The maximum Gasteiger partial charge on any atom is 0.355 e. The minimum atomic E-state index is -2.70. The van der Waals surface area contributed by atoms with Gasteiger partial charge in [-0.15, -0.1) is 0 Å². The second-order valence-corrected chi connectivity index (χ2v) is 14.2. The van der Waals surface area contributed by atoms with E-state index in [-0.39, 0.29) is 17.3 Å². The molecule has 0 bridgehead atoms. The summed E-state index contributed by atoms with van der Waals surface area (Å²) in [5.74, 6) is 1.17. The van der Waals surface area contributed by atoms with Crippen molar-refractivity contribution >= 4 is 32.2 Å². The lowest BCUT2D eigenvalue weighted by Crippen LogP contribution is -2.43. The lowest BCUT2D eigenvalue weighted by atomic mass is 9.85. The summed E-state index contributed by atoms with van der Waals surface area (Å²) in [6, 6.07) is 3.61. The van der Waals surface area contributed by atoms with Gasteiger partial charge in [-0.25, -0.2) is 0 Å². The van der Waals surface area contributed by atoms with E-state index in [1.165, 1.54) is 18.9 Å². The Balaban J connectivity index is 1.70. The normalized spacial score (nSPS) is 25.2. The first-order valence-electron chi connectivity index (χ1n) is 11.3. The SMILES string of the molecule is C#SO[Si](C)(CC(C)C(=O)Oc1cc(C=N)c(O)c(C(C)(C)C)c1)OC1CCC2CC2C1. The number of benzene rings is 1. The largest absolute Gasteiger partial charge is 0.507 e. The van der Waals surface area contributed by atoms with Crippen molar-refractivity contribution in [1.29, 1.82) is 5.41 Å². The Morgan fingerprint density at radius 2 is 2.06 bits per heavy atom. The number of ether oxygens (including phenoxy) is 1. The standard InChI is InChI=1S/C24H35NO5SSi/c1-15(14-32(6,30-31-5)29-19-8-7-16-9-17(16)10-19)23(27)28-20-11-18(13-25)22(26)21(12-20)24(2,3)4/h5,11-13,15-17,19,25-26H,7-10,14H2,1-4,6H3. The van der Waals surface area contributed by atoms with Gasteiger partial charge in [0.2, 0.25) is 0 Å². The summed E-state index contributed by atoms with van der Waals surface area (Å²) in [6.45, 7) is 9.63. The van der Waals surface area contributed by atoms with E-state index < -0.39 is 20.4 Å². The van der Waals surface area contributed by atoms with Crippen LogP contribution in [0.4, 0.5) is 0 Å². The number of phenols is 1. The lowest BCUT2D eigenvalue weighted by Gasteiger charge is -2.32. The molecule has 1 aromatic carbocycles. The third-order valence-corrected chi connectivity index (χ3v) is 10.5. The average molecular weight is 478 g/mol. The fourth-order valence-corrected chi connectivity index (χ4v) is 8.24. The first-order valence-corrected chi connectivity index (χ1v) is 14.6. The van der Waals surface area contributed by atoms with E-state index >= 15 is 0 Å². The van der Waals surface area contributed by atoms with Gasteiger partial charge in [0.15, 0.2) is 0 Å². The Hall–Kier alpha value is -1.70. The van der Waals surface area contributed by atoms with Gasteiger partial charge in [-0.05, 0) is 61.6 Å². The summed E-state index contributed by atoms with van der Waals surface area (Å²) < 4.78 is 17.9. The third-order valence-electron chi connectivity index (χ3n) is 6.51. The molecule has 0 radical (unpaired) electrons. The maximum absolute atomic E-state index is 12.9. The predicted molar refractivity (Wildman–Crippen MR) is 130 cm³/mol. The van der Waals surface area contributed by atoms with Crippen LogP contribution >= 0.6 is 11.5 Å². The number of hydrogen-bond acceptors (Lipinski definition) is 6. The van der Waals surface area contributed by atoms with E-state index in [0.717, 1.165) is 42.3 Å². The summed E-state index contributed by atoms with van der Waals surface area (Å²) in [7, 11) is -2.70. The van der Waals surface area contributed by atoms with Gasteiger partial charge in [0.1, 0.15) is 11.5 Å². The van der Waals surface area contributed by atoms with Crippen LogP contribution < -0.4 is 4.74 Å². The Labute approximate surface area is 196 Å². The van der Waals surface area contributed by atoms with Crippen molar-refractivity contribution in [3.05, 3.63) is 23.3 Å². The highest BCUT2D eigenvalue weighted by Gasteiger charge is 2.46. The molecular formula is C24H35NO5SSi. The highest BCUT2D eigenvalue weighted by Crippen LogP contribution is 2.50. The second-order valence-electron chi connectivity index (χ2n) is 10.5. The Kier molecular flexibility index (Phi) is 7.52. The molecule has 1 aromatic rings. The number of nitrogens with one attached hydrogen (secondary N) is 1. The third kappa shape index (κ3) is 6.00. The average Bonchev–Trinajstić information content (AvgIpc) is 3.46. The summed E-state index contributed by atoms with van der Waals surface area (Å²) in [6.07, 6.45) is 5.86. The van der Waals surface area contributed by atoms with Crippen molar-refractivity contribution in [3.63, 3.8) is 0 Å². The van der Waals surface area contributed by atoms with E-state index in [9.17, 15) is 9.90 Å². The molecule has 32 heavy (non-hydrogen) atoms. The van der Waals surface area contributed by atoms with Crippen LogP contribution in [0.1, 0.15) is 64.5 Å². The minimum Gasteiger partial charge on any atom is -0.507 e. The molecule has 8 heteroatoms. The first-order chi connectivity index (χ1) is 15.0. The van der Waals surface area contributed by atoms with E-state index in [1.807, 2.05) is 34.2 Å². The molecule has 0 aromatic heterocycles. The van der Waals surface area contributed by atoms with E-state index in [1.54, 1.807) is 6.07 Å². The molecule has 5 atom stereocenters. The topological polar surface area (TPSA) is 88.8 Å². The molecule has 6 nitrogen and oxygen atoms in total. The molecule has 0 saturated heterocycles. The Morgan fingerprint density at radius 1 is 1.34 bits per heavy atom. The van der Waals surface area contributed by atoms with Gasteiger partial charge < -0.3 is 19.7 Å². The van der Waals surface area contributed by atoms with Crippen LogP contribution in [0.5, 0.6) is 11.5 Å². The van der Waals surface area contributed by atoms with Crippen molar-refractivity contribution in [2.75, 3.05) is 0 Å². The van der Waals surface area contributed by atoms with Crippen LogP contribution in [0.3, 0.4) is 0 Å². The number of carbonyl (C=O) groups is 1. The summed E-state index contributed by atoms with van der Waals surface area (Å²) in [5, 5.41) is 18.0. The smallest absolute Gasteiger partial charge is 0.355 e. The van der Waals surface area contributed by atoms with E-state index in [0.29, 0.717) is 22.9 Å². The summed E-state index contributed by atoms with van der Waals surface area (Å²) in [5.41, 5.74) is 6.18. The lowest BCUT2D eigenvalue weighted by molar-refractivity contribution is -0.138. The molecule has 0 heterocycles. The fourth-order valence-electron chi connectivity index (χ4n) is 4.70. The van der Waals surface area contributed by atoms with Gasteiger partial charge >= 0.3 is 14.5 Å². The number of esters is 1. The predicted octanol–water partition coefficient (Wildman–Crippen LogP) is 5.76. The Morgan fingerprint density at radius 3 is 2.66 bits per heavy atom. The molecule has 0 spiro atoms. The van der Waals surface area contributed by atoms with Crippen molar-refractivity contribution in [2.45, 2.75) is 77.5 Å². The molecule has 2 N–H and O–H groups in total. The van der Waals surface area contributed by atoms with Crippen LogP contribution in [0.15, 0.2) is 12.1 Å². The molecule has 2 aliphatic carbocycles. The second kappa shape index (κ2) is 9.65. The molecule has 2 fully saturated rings. The maximum atomic E-state index is 12.9. The molecule has 2 saturated carbocycles. The highest BCUT2D eigenvalue weighted by atomic mass is 32.1. The number of fused-ring (bicyclic) bond motifs is 1.